The average Bonchev–Trinajstić information content (AvgIpc) is 3.40. The number of allylic oxidation sites excluding steroid dienone is 1. The van der Waals surface area contributed by atoms with E-state index in [4.69, 9.17) is 9.47 Å². The van der Waals surface area contributed by atoms with Crippen LogP contribution in [0.5, 0.6) is 0 Å². The third kappa shape index (κ3) is 2.80. The average molecular weight is 415 g/mol. The summed E-state index contributed by atoms with van der Waals surface area (Å²) in [6.45, 7) is 7.57. The van der Waals surface area contributed by atoms with Gasteiger partial charge in [-0.3, -0.25) is 0 Å². The Balaban J connectivity index is 1.23. The topological polar surface area (TPSA) is 38.7 Å². The molecule has 0 unspecified atom stereocenters. The zero-order valence-electron chi connectivity index (χ0n) is 19.3. The monoisotopic (exact) mass is 414 g/mol. The summed E-state index contributed by atoms with van der Waals surface area (Å²) in [5.41, 5.74) is 2.33. The second kappa shape index (κ2) is 7.06. The highest BCUT2D eigenvalue weighted by Gasteiger charge is 2.65. The van der Waals surface area contributed by atoms with Crippen molar-refractivity contribution in [2.75, 3.05) is 0 Å². The molecular weight excluding hydrogens is 372 g/mol. The molecule has 1 saturated heterocycles. The third-order valence-electron chi connectivity index (χ3n) is 11.1. The fraction of sp³-hybridized carbons (Fsp3) is 0.926. The summed E-state index contributed by atoms with van der Waals surface area (Å²) < 4.78 is 13.2. The lowest BCUT2D eigenvalue weighted by atomic mass is 9.47. The summed E-state index contributed by atoms with van der Waals surface area (Å²) in [4.78, 5) is 0. The first-order valence-corrected chi connectivity index (χ1v) is 13.1. The maximum atomic E-state index is 10.2. The van der Waals surface area contributed by atoms with Gasteiger partial charge in [-0.1, -0.05) is 45.3 Å². The summed E-state index contributed by atoms with van der Waals surface area (Å²) in [6, 6.07) is 0. The van der Waals surface area contributed by atoms with Crippen LogP contribution in [0.25, 0.3) is 0 Å². The van der Waals surface area contributed by atoms with Crippen molar-refractivity contribution in [3.05, 3.63) is 11.6 Å². The molecule has 3 heteroatoms. The third-order valence-corrected chi connectivity index (χ3v) is 11.1. The summed E-state index contributed by atoms with van der Waals surface area (Å²) in [5.74, 6) is 3.60. The van der Waals surface area contributed by atoms with Gasteiger partial charge in [0.25, 0.3) is 0 Å². The molecular formula is C27H42O3. The van der Waals surface area contributed by atoms with Crippen molar-refractivity contribution in [3.8, 4) is 0 Å². The Kier molecular flexibility index (Phi) is 4.76. The van der Waals surface area contributed by atoms with E-state index in [0.717, 1.165) is 30.6 Å². The number of aliphatic hydroxyl groups is 1. The zero-order chi connectivity index (χ0) is 20.7. The molecule has 4 saturated carbocycles. The molecule has 0 bridgehead atoms. The Morgan fingerprint density at radius 1 is 1.07 bits per heavy atom. The van der Waals surface area contributed by atoms with Crippen LogP contribution in [0.2, 0.25) is 0 Å². The molecule has 0 spiro atoms. The molecule has 1 aliphatic heterocycles. The van der Waals surface area contributed by atoms with E-state index in [2.05, 4.69) is 26.8 Å². The van der Waals surface area contributed by atoms with Gasteiger partial charge in [-0.25, -0.2) is 0 Å². The molecule has 30 heavy (non-hydrogen) atoms. The lowest BCUT2D eigenvalue weighted by Gasteiger charge is -2.58. The van der Waals surface area contributed by atoms with Gasteiger partial charge < -0.3 is 14.6 Å². The van der Waals surface area contributed by atoms with Gasteiger partial charge in [-0.15, -0.1) is 0 Å². The normalized spacial score (nSPS) is 55.5. The summed E-state index contributed by atoms with van der Waals surface area (Å²) in [7, 11) is 0. The van der Waals surface area contributed by atoms with E-state index in [-0.39, 0.29) is 12.4 Å². The van der Waals surface area contributed by atoms with Crippen LogP contribution in [0.4, 0.5) is 0 Å². The Morgan fingerprint density at radius 2 is 1.87 bits per heavy atom. The van der Waals surface area contributed by atoms with Crippen molar-refractivity contribution < 1.29 is 14.6 Å². The summed E-state index contributed by atoms with van der Waals surface area (Å²) >= 11 is 0. The zero-order valence-corrected chi connectivity index (χ0v) is 19.3. The fourth-order valence-corrected chi connectivity index (χ4v) is 9.58. The van der Waals surface area contributed by atoms with Crippen LogP contribution in [-0.2, 0) is 9.47 Å². The summed E-state index contributed by atoms with van der Waals surface area (Å²) in [6.07, 6.45) is 16.8. The molecule has 5 fully saturated rings. The molecule has 168 valence electrons. The predicted molar refractivity (Wildman–Crippen MR) is 118 cm³/mol. The van der Waals surface area contributed by atoms with Crippen LogP contribution in [0, 0.1) is 40.4 Å². The molecule has 0 amide bonds. The van der Waals surface area contributed by atoms with Crippen molar-refractivity contribution in [1.29, 1.82) is 0 Å². The second-order valence-electron chi connectivity index (χ2n) is 12.4. The quantitative estimate of drug-likeness (QED) is 0.576. The second-order valence-corrected chi connectivity index (χ2v) is 12.4. The fourth-order valence-electron chi connectivity index (χ4n) is 9.58. The standard InChI is InChI=1S/C27H42O3/c1-16-24-23(30-25(16)29-19-6-4-5-7-19)15-22-20-9-8-17-14-18(28)10-12-26(17,2)21(20)11-13-27(22,24)3/h8,16,18-25,28H,4-7,9-15H2,1-3H3/t16-,18+,20+,21-,22-,23-,24-,25+,26-,27-/m0/s1. The van der Waals surface area contributed by atoms with Crippen LogP contribution in [0.15, 0.2) is 11.6 Å². The minimum Gasteiger partial charge on any atom is -0.393 e. The molecule has 0 aromatic heterocycles. The number of aliphatic hydroxyl groups excluding tert-OH is 1. The molecule has 0 aromatic rings. The van der Waals surface area contributed by atoms with Crippen LogP contribution in [-0.4, -0.2) is 29.7 Å². The van der Waals surface area contributed by atoms with Gasteiger partial charge in [0.2, 0.25) is 0 Å². The van der Waals surface area contributed by atoms with Gasteiger partial charge in [-0.05, 0) is 92.3 Å². The van der Waals surface area contributed by atoms with Gasteiger partial charge in [0.15, 0.2) is 6.29 Å². The minimum absolute atomic E-state index is 0.0359. The molecule has 3 nitrogen and oxygen atoms in total. The van der Waals surface area contributed by atoms with Crippen LogP contribution in [0.3, 0.4) is 0 Å². The SMILES string of the molecule is C[C@@H]1[C@H](OC2CCCC2)O[C@H]2C[C@H]3[C@@H]4CC=C5C[C@H](O)CC[C@]5(C)[C@H]4CC[C@]3(C)[C@@H]12. The molecule has 1 N–H and O–H groups in total. The van der Waals surface area contributed by atoms with Crippen LogP contribution < -0.4 is 0 Å². The van der Waals surface area contributed by atoms with E-state index in [0.29, 0.717) is 34.9 Å². The van der Waals surface area contributed by atoms with Gasteiger partial charge in [0.1, 0.15) is 0 Å². The van der Waals surface area contributed by atoms with Gasteiger partial charge in [0.05, 0.1) is 18.3 Å². The lowest BCUT2D eigenvalue weighted by Crippen LogP contribution is -2.51. The predicted octanol–water partition coefficient (Wildman–Crippen LogP) is 5.86. The van der Waals surface area contributed by atoms with E-state index in [1.165, 1.54) is 57.8 Å². The van der Waals surface area contributed by atoms with Crippen LogP contribution >= 0.6 is 0 Å². The Bertz CT molecular complexity index is 711. The van der Waals surface area contributed by atoms with Crippen molar-refractivity contribution in [2.24, 2.45) is 40.4 Å². The smallest absolute Gasteiger partial charge is 0.161 e. The number of fused-ring (bicyclic) bond motifs is 7. The minimum atomic E-state index is -0.105. The highest BCUT2D eigenvalue weighted by molar-refractivity contribution is 5.26. The van der Waals surface area contributed by atoms with E-state index < -0.39 is 0 Å². The maximum Gasteiger partial charge on any atom is 0.161 e. The highest BCUT2D eigenvalue weighted by atomic mass is 16.7. The lowest BCUT2D eigenvalue weighted by molar-refractivity contribution is -0.178. The molecule has 6 rings (SSSR count). The Hall–Kier alpha value is -0.380. The number of rotatable bonds is 2. The van der Waals surface area contributed by atoms with Gasteiger partial charge in [0, 0.05) is 5.92 Å². The molecule has 10 atom stereocenters. The molecule has 0 aromatic carbocycles. The molecule has 6 aliphatic rings. The Morgan fingerprint density at radius 3 is 2.67 bits per heavy atom. The van der Waals surface area contributed by atoms with E-state index >= 15 is 0 Å². The maximum absolute atomic E-state index is 10.2. The van der Waals surface area contributed by atoms with Crippen LogP contribution in [0.1, 0.15) is 91.4 Å². The number of ether oxygens (including phenoxy) is 2. The summed E-state index contributed by atoms with van der Waals surface area (Å²) in [5, 5.41) is 10.2. The highest BCUT2D eigenvalue weighted by Crippen LogP contribution is 2.69. The first-order valence-electron chi connectivity index (χ1n) is 13.1. The molecule has 0 radical (unpaired) electrons. The van der Waals surface area contributed by atoms with Crippen molar-refractivity contribution in [2.45, 2.75) is 116 Å². The Labute approximate surface area is 183 Å². The van der Waals surface area contributed by atoms with Gasteiger partial charge in [-0.2, -0.15) is 0 Å². The van der Waals surface area contributed by atoms with Crippen molar-refractivity contribution >= 4 is 0 Å². The molecule has 1 heterocycles. The largest absolute Gasteiger partial charge is 0.393 e. The number of hydrogen-bond acceptors (Lipinski definition) is 3. The first kappa shape index (κ1) is 20.2. The molecule has 5 aliphatic carbocycles. The van der Waals surface area contributed by atoms with Crippen molar-refractivity contribution in [3.63, 3.8) is 0 Å². The van der Waals surface area contributed by atoms with E-state index in [1.807, 2.05) is 0 Å². The first-order chi connectivity index (χ1) is 14.4. The van der Waals surface area contributed by atoms with E-state index in [9.17, 15) is 5.11 Å². The van der Waals surface area contributed by atoms with Gasteiger partial charge >= 0.3 is 0 Å². The van der Waals surface area contributed by atoms with Crippen molar-refractivity contribution in [1.82, 2.24) is 0 Å². The van der Waals surface area contributed by atoms with E-state index in [1.54, 1.807) is 5.57 Å². The number of hydrogen-bond donors (Lipinski definition) is 1.